The standard InChI is InChI=1S/C15H23NO/c1-12(2)6-5-10-16-14-9-11-17-15-8-4-3-7-13(14)15/h3-4,7-8,12,14,16H,5-6,9-11H2,1-2H3. The van der Waals surface area contributed by atoms with E-state index < -0.39 is 0 Å². The number of benzene rings is 1. The van der Waals surface area contributed by atoms with Crippen molar-refractivity contribution in [1.29, 1.82) is 0 Å². The normalized spacial score (nSPS) is 18.9. The number of rotatable bonds is 5. The Morgan fingerprint density at radius 2 is 2.18 bits per heavy atom. The Morgan fingerprint density at radius 3 is 3.00 bits per heavy atom. The largest absolute Gasteiger partial charge is 0.493 e. The molecule has 0 aliphatic carbocycles. The van der Waals surface area contributed by atoms with E-state index in [-0.39, 0.29) is 0 Å². The van der Waals surface area contributed by atoms with E-state index in [1.807, 2.05) is 6.07 Å². The fourth-order valence-corrected chi connectivity index (χ4v) is 2.34. The Labute approximate surface area is 104 Å². The molecule has 1 unspecified atom stereocenters. The first kappa shape index (κ1) is 12.4. The second kappa shape index (κ2) is 6.06. The summed E-state index contributed by atoms with van der Waals surface area (Å²) < 4.78 is 5.66. The van der Waals surface area contributed by atoms with Gasteiger partial charge in [0.05, 0.1) is 6.61 Å². The van der Waals surface area contributed by atoms with Gasteiger partial charge in [-0.25, -0.2) is 0 Å². The van der Waals surface area contributed by atoms with Crippen LogP contribution in [0.4, 0.5) is 0 Å². The van der Waals surface area contributed by atoms with Crippen molar-refractivity contribution in [2.75, 3.05) is 13.2 Å². The molecule has 1 aliphatic rings. The maximum Gasteiger partial charge on any atom is 0.124 e. The van der Waals surface area contributed by atoms with Crippen LogP contribution in [0.25, 0.3) is 0 Å². The highest BCUT2D eigenvalue weighted by atomic mass is 16.5. The number of fused-ring (bicyclic) bond motifs is 1. The van der Waals surface area contributed by atoms with Crippen LogP contribution in [0.1, 0.15) is 44.7 Å². The number of nitrogens with one attached hydrogen (secondary N) is 1. The highest BCUT2D eigenvalue weighted by molar-refractivity contribution is 5.37. The fourth-order valence-electron chi connectivity index (χ4n) is 2.34. The molecule has 1 aromatic rings. The highest BCUT2D eigenvalue weighted by Gasteiger charge is 2.19. The molecule has 1 N–H and O–H groups in total. The van der Waals surface area contributed by atoms with E-state index in [9.17, 15) is 0 Å². The first-order valence-corrected chi connectivity index (χ1v) is 6.72. The third-order valence-electron chi connectivity index (χ3n) is 3.31. The number of para-hydroxylation sites is 1. The molecule has 0 amide bonds. The van der Waals surface area contributed by atoms with Crippen LogP contribution in [0, 0.1) is 5.92 Å². The van der Waals surface area contributed by atoms with Gasteiger partial charge in [0.1, 0.15) is 5.75 Å². The minimum absolute atomic E-state index is 0.479. The first-order chi connectivity index (χ1) is 8.27. The first-order valence-electron chi connectivity index (χ1n) is 6.72. The van der Waals surface area contributed by atoms with Gasteiger partial charge in [0.15, 0.2) is 0 Å². The molecule has 2 nitrogen and oxygen atoms in total. The lowest BCUT2D eigenvalue weighted by atomic mass is 10.00. The molecule has 17 heavy (non-hydrogen) atoms. The van der Waals surface area contributed by atoms with Gasteiger partial charge in [-0.2, -0.15) is 0 Å². The molecule has 1 aliphatic heterocycles. The lowest BCUT2D eigenvalue weighted by Gasteiger charge is -2.26. The summed E-state index contributed by atoms with van der Waals surface area (Å²) in [4.78, 5) is 0. The van der Waals surface area contributed by atoms with Gasteiger partial charge in [-0.3, -0.25) is 0 Å². The van der Waals surface area contributed by atoms with Crippen molar-refractivity contribution < 1.29 is 4.74 Å². The minimum atomic E-state index is 0.479. The SMILES string of the molecule is CC(C)CCCNC1CCOc2ccccc21. The molecule has 0 saturated heterocycles. The molecular formula is C15H23NO. The summed E-state index contributed by atoms with van der Waals surface area (Å²) in [5.74, 6) is 1.86. The zero-order valence-corrected chi connectivity index (χ0v) is 10.9. The second-order valence-electron chi connectivity index (χ2n) is 5.22. The molecule has 0 radical (unpaired) electrons. The number of hydrogen-bond acceptors (Lipinski definition) is 2. The maximum absolute atomic E-state index is 5.66. The molecule has 94 valence electrons. The smallest absolute Gasteiger partial charge is 0.124 e. The van der Waals surface area contributed by atoms with E-state index in [2.05, 4.69) is 37.4 Å². The minimum Gasteiger partial charge on any atom is -0.493 e. The maximum atomic E-state index is 5.66. The molecule has 1 atom stereocenters. The summed E-state index contributed by atoms with van der Waals surface area (Å²) in [5.41, 5.74) is 1.32. The monoisotopic (exact) mass is 233 g/mol. The summed E-state index contributed by atoms with van der Waals surface area (Å²) in [7, 11) is 0. The molecule has 0 fully saturated rings. The Morgan fingerprint density at radius 1 is 1.35 bits per heavy atom. The highest BCUT2D eigenvalue weighted by Crippen LogP contribution is 2.31. The summed E-state index contributed by atoms with van der Waals surface area (Å²) in [6, 6.07) is 8.86. The molecule has 0 bridgehead atoms. The van der Waals surface area contributed by atoms with Crippen LogP contribution >= 0.6 is 0 Å². The van der Waals surface area contributed by atoms with Crippen molar-refractivity contribution in [3.05, 3.63) is 29.8 Å². The van der Waals surface area contributed by atoms with Gasteiger partial charge in [0.25, 0.3) is 0 Å². The van der Waals surface area contributed by atoms with Gasteiger partial charge in [-0.05, 0) is 31.4 Å². The molecule has 0 aromatic heterocycles. The van der Waals surface area contributed by atoms with Gasteiger partial charge in [0, 0.05) is 18.0 Å². The fraction of sp³-hybridized carbons (Fsp3) is 0.600. The van der Waals surface area contributed by atoms with Crippen LogP contribution < -0.4 is 10.1 Å². The van der Waals surface area contributed by atoms with Crippen LogP contribution in [-0.4, -0.2) is 13.2 Å². The molecule has 2 rings (SSSR count). The van der Waals surface area contributed by atoms with E-state index in [0.29, 0.717) is 6.04 Å². The van der Waals surface area contributed by atoms with Gasteiger partial charge in [-0.1, -0.05) is 32.0 Å². The molecule has 2 heteroatoms. The summed E-state index contributed by atoms with van der Waals surface area (Å²) in [5, 5.41) is 3.65. The van der Waals surface area contributed by atoms with Crippen LogP contribution in [0.15, 0.2) is 24.3 Å². The van der Waals surface area contributed by atoms with Crippen LogP contribution in [0.5, 0.6) is 5.75 Å². The molecule has 0 spiro atoms. The third-order valence-corrected chi connectivity index (χ3v) is 3.31. The van der Waals surface area contributed by atoms with Gasteiger partial charge in [0.2, 0.25) is 0 Å². The Bertz CT molecular complexity index is 349. The van der Waals surface area contributed by atoms with E-state index in [1.165, 1.54) is 18.4 Å². The van der Waals surface area contributed by atoms with Crippen molar-refractivity contribution in [1.82, 2.24) is 5.32 Å². The summed E-state index contributed by atoms with van der Waals surface area (Å²) in [6.07, 6.45) is 3.65. The quantitative estimate of drug-likeness (QED) is 0.785. The zero-order chi connectivity index (χ0) is 12.1. The summed E-state index contributed by atoms with van der Waals surface area (Å²) >= 11 is 0. The predicted molar refractivity (Wildman–Crippen MR) is 71.4 cm³/mol. The van der Waals surface area contributed by atoms with Crippen molar-refractivity contribution >= 4 is 0 Å². The van der Waals surface area contributed by atoms with Crippen molar-refractivity contribution in [2.24, 2.45) is 5.92 Å². The Kier molecular flexibility index (Phi) is 4.43. The van der Waals surface area contributed by atoms with Crippen molar-refractivity contribution in [2.45, 2.75) is 39.2 Å². The van der Waals surface area contributed by atoms with Gasteiger partial charge < -0.3 is 10.1 Å². The zero-order valence-electron chi connectivity index (χ0n) is 10.9. The van der Waals surface area contributed by atoms with Crippen LogP contribution in [0.2, 0.25) is 0 Å². The molecule has 0 saturated carbocycles. The lowest BCUT2D eigenvalue weighted by Crippen LogP contribution is -2.27. The van der Waals surface area contributed by atoms with Crippen LogP contribution in [-0.2, 0) is 0 Å². The number of ether oxygens (including phenoxy) is 1. The van der Waals surface area contributed by atoms with E-state index >= 15 is 0 Å². The third kappa shape index (κ3) is 3.47. The van der Waals surface area contributed by atoms with Crippen LogP contribution in [0.3, 0.4) is 0 Å². The molecular weight excluding hydrogens is 210 g/mol. The van der Waals surface area contributed by atoms with E-state index in [4.69, 9.17) is 4.74 Å². The van der Waals surface area contributed by atoms with Gasteiger partial charge in [-0.15, -0.1) is 0 Å². The van der Waals surface area contributed by atoms with Gasteiger partial charge >= 0.3 is 0 Å². The Balaban J connectivity index is 1.86. The number of hydrogen-bond donors (Lipinski definition) is 1. The lowest BCUT2D eigenvalue weighted by molar-refractivity contribution is 0.252. The molecule has 1 aromatic carbocycles. The topological polar surface area (TPSA) is 21.3 Å². The average molecular weight is 233 g/mol. The van der Waals surface area contributed by atoms with E-state index in [0.717, 1.165) is 31.2 Å². The van der Waals surface area contributed by atoms with E-state index in [1.54, 1.807) is 0 Å². The summed E-state index contributed by atoms with van der Waals surface area (Å²) in [6.45, 7) is 6.50. The average Bonchev–Trinajstić information content (AvgIpc) is 2.34. The molecule has 1 heterocycles. The van der Waals surface area contributed by atoms with Crippen molar-refractivity contribution in [3.8, 4) is 5.75 Å². The Hall–Kier alpha value is -1.02. The predicted octanol–water partition coefficient (Wildman–Crippen LogP) is 3.54. The second-order valence-corrected chi connectivity index (χ2v) is 5.22. The van der Waals surface area contributed by atoms with Crippen molar-refractivity contribution in [3.63, 3.8) is 0 Å².